The molecule has 3 aromatic carbocycles. The van der Waals surface area contributed by atoms with E-state index in [4.69, 9.17) is 0 Å². The third kappa shape index (κ3) is 2.63. The third-order valence-electron chi connectivity index (χ3n) is 5.99. The first-order valence-corrected chi connectivity index (χ1v) is 11.0. The number of quaternary nitrogens is 1. The van der Waals surface area contributed by atoms with Crippen molar-refractivity contribution in [3.05, 3.63) is 136 Å². The molecule has 5 rings (SSSR count). The Morgan fingerprint density at radius 1 is 0.700 bits per heavy atom. The Morgan fingerprint density at radius 3 is 1.57 bits per heavy atom. The Labute approximate surface area is 181 Å². The molecular formula is C27H23N2S+. The molecule has 2 heterocycles. The Hall–Kier alpha value is -3.27. The summed E-state index contributed by atoms with van der Waals surface area (Å²) in [7, 11) is 0. The van der Waals surface area contributed by atoms with E-state index >= 15 is 0 Å². The lowest BCUT2D eigenvalue weighted by atomic mass is 9.73. The molecule has 30 heavy (non-hydrogen) atoms. The van der Waals surface area contributed by atoms with E-state index in [9.17, 15) is 0 Å². The number of rotatable bonds is 5. The van der Waals surface area contributed by atoms with E-state index in [-0.39, 0.29) is 0 Å². The normalized spacial score (nSPS) is 18.0. The minimum atomic E-state index is -0.522. The number of hydrogen-bond acceptors (Lipinski definition) is 2. The predicted octanol–water partition coefficient (Wildman–Crippen LogP) is 6.87. The van der Waals surface area contributed by atoms with Gasteiger partial charge in [0.1, 0.15) is 6.20 Å². The lowest BCUT2D eigenvalue weighted by Crippen LogP contribution is -2.60. The van der Waals surface area contributed by atoms with E-state index < -0.39 is 5.54 Å². The van der Waals surface area contributed by atoms with Gasteiger partial charge in [-0.15, -0.1) is 11.3 Å². The molecule has 1 unspecified atom stereocenters. The molecule has 0 N–H and O–H groups in total. The summed E-state index contributed by atoms with van der Waals surface area (Å²) in [5, 5.41) is 4.49. The quantitative estimate of drug-likeness (QED) is 0.253. The maximum atomic E-state index is 4.65. The molecule has 0 saturated carbocycles. The summed E-state index contributed by atoms with van der Waals surface area (Å²) in [6, 6.07) is 32.4. The highest BCUT2D eigenvalue weighted by Crippen LogP contribution is 2.51. The van der Waals surface area contributed by atoms with Crippen LogP contribution in [0.1, 0.15) is 22.3 Å². The van der Waals surface area contributed by atoms with Gasteiger partial charge in [-0.25, -0.2) is 9.48 Å². The highest BCUT2D eigenvalue weighted by molar-refractivity contribution is 7.08. The fourth-order valence-electron chi connectivity index (χ4n) is 4.76. The van der Waals surface area contributed by atoms with E-state index in [0.717, 1.165) is 0 Å². The zero-order chi connectivity index (χ0) is 20.4. The van der Waals surface area contributed by atoms with Crippen LogP contribution in [0, 0.1) is 6.92 Å². The highest BCUT2D eigenvalue weighted by atomic mass is 32.1. The molecule has 0 radical (unpaired) electrons. The van der Waals surface area contributed by atoms with Crippen LogP contribution in [0.15, 0.2) is 119 Å². The van der Waals surface area contributed by atoms with Crippen LogP contribution in [0.4, 0.5) is 5.69 Å². The van der Waals surface area contributed by atoms with E-state index in [1.807, 2.05) is 6.20 Å². The zero-order valence-electron chi connectivity index (χ0n) is 16.8. The second-order valence-corrected chi connectivity index (χ2v) is 8.33. The fourth-order valence-corrected chi connectivity index (χ4v) is 5.64. The van der Waals surface area contributed by atoms with Crippen LogP contribution in [0.3, 0.4) is 0 Å². The maximum absolute atomic E-state index is 4.65. The number of aliphatic imine (C=N–C) groups is 1. The van der Waals surface area contributed by atoms with Gasteiger partial charge in [0.25, 0.3) is 0 Å². The van der Waals surface area contributed by atoms with Crippen LogP contribution in [-0.4, -0.2) is 6.34 Å². The molecule has 1 aliphatic rings. The summed E-state index contributed by atoms with van der Waals surface area (Å²) in [5.74, 6) is 0. The monoisotopic (exact) mass is 407 g/mol. The Kier molecular flexibility index (Phi) is 4.70. The molecule has 1 aromatic heterocycles. The van der Waals surface area contributed by atoms with Gasteiger partial charge in [0, 0.05) is 22.3 Å². The van der Waals surface area contributed by atoms with Crippen molar-refractivity contribution in [2.45, 2.75) is 12.5 Å². The molecule has 1 aliphatic heterocycles. The number of nitrogens with zero attached hydrogens (tertiary/aromatic N) is 2. The molecule has 146 valence electrons. The van der Waals surface area contributed by atoms with Crippen molar-refractivity contribution in [3.63, 3.8) is 0 Å². The van der Waals surface area contributed by atoms with E-state index in [1.165, 1.54) is 27.9 Å². The molecule has 1 atom stereocenters. The van der Waals surface area contributed by atoms with E-state index in [1.54, 1.807) is 11.3 Å². The molecule has 4 aromatic rings. The molecule has 0 bridgehead atoms. The molecule has 2 nitrogen and oxygen atoms in total. The Bertz CT molecular complexity index is 1080. The maximum Gasteiger partial charge on any atom is 0.201 e. The van der Waals surface area contributed by atoms with Gasteiger partial charge in [0.05, 0.1) is 11.6 Å². The molecule has 0 aliphatic carbocycles. The number of thiophene rings is 1. The largest absolute Gasteiger partial charge is 0.205 e. The van der Waals surface area contributed by atoms with E-state index in [2.05, 4.69) is 126 Å². The number of aryl methyl sites for hydroxylation is 1. The summed E-state index contributed by atoms with van der Waals surface area (Å²) in [5.41, 5.74) is 5.67. The van der Waals surface area contributed by atoms with Crippen LogP contribution < -0.4 is 4.48 Å². The van der Waals surface area contributed by atoms with Crippen LogP contribution in [-0.2, 0) is 5.54 Å². The second-order valence-electron chi connectivity index (χ2n) is 7.59. The van der Waals surface area contributed by atoms with Gasteiger partial charge in [-0.05, 0) is 12.3 Å². The van der Waals surface area contributed by atoms with Gasteiger partial charge in [-0.2, -0.15) is 0 Å². The average molecular weight is 408 g/mol. The van der Waals surface area contributed by atoms with Crippen molar-refractivity contribution in [3.8, 4) is 0 Å². The summed E-state index contributed by atoms with van der Waals surface area (Å²) < 4.78 is 0.486. The Balaban J connectivity index is 1.98. The summed E-state index contributed by atoms with van der Waals surface area (Å²) in [4.78, 5) is 4.65. The summed E-state index contributed by atoms with van der Waals surface area (Å²) in [6.07, 6.45) is 6.24. The topological polar surface area (TPSA) is 12.4 Å². The van der Waals surface area contributed by atoms with Gasteiger partial charge in [0.15, 0.2) is 11.2 Å². The highest BCUT2D eigenvalue weighted by Gasteiger charge is 2.57. The van der Waals surface area contributed by atoms with Crippen molar-refractivity contribution >= 4 is 23.4 Å². The molecule has 0 spiro atoms. The van der Waals surface area contributed by atoms with E-state index in [0.29, 0.717) is 4.48 Å². The first-order chi connectivity index (χ1) is 14.8. The minimum Gasteiger partial charge on any atom is -0.205 e. The molecule has 0 amide bonds. The van der Waals surface area contributed by atoms with Crippen LogP contribution in [0.25, 0.3) is 0 Å². The van der Waals surface area contributed by atoms with Crippen molar-refractivity contribution in [1.29, 1.82) is 0 Å². The third-order valence-corrected chi connectivity index (χ3v) is 6.84. The van der Waals surface area contributed by atoms with Gasteiger partial charge in [-0.1, -0.05) is 91.0 Å². The first-order valence-electron chi connectivity index (χ1n) is 10.1. The van der Waals surface area contributed by atoms with Gasteiger partial charge >= 0.3 is 0 Å². The van der Waals surface area contributed by atoms with Crippen molar-refractivity contribution in [2.24, 2.45) is 4.99 Å². The summed E-state index contributed by atoms with van der Waals surface area (Å²) >= 11 is 1.74. The lowest BCUT2D eigenvalue weighted by molar-refractivity contribution is 0.358. The second kappa shape index (κ2) is 7.52. The molecule has 0 saturated heterocycles. The number of benzene rings is 3. The van der Waals surface area contributed by atoms with Crippen LogP contribution >= 0.6 is 11.3 Å². The Morgan fingerprint density at radius 2 is 1.20 bits per heavy atom. The zero-order valence-corrected chi connectivity index (χ0v) is 17.7. The van der Waals surface area contributed by atoms with Crippen molar-refractivity contribution in [1.82, 2.24) is 4.48 Å². The van der Waals surface area contributed by atoms with Crippen LogP contribution in [0.5, 0.6) is 0 Å². The van der Waals surface area contributed by atoms with Gasteiger partial charge < -0.3 is 0 Å². The molecular weight excluding hydrogens is 384 g/mol. The van der Waals surface area contributed by atoms with Gasteiger partial charge in [-0.3, -0.25) is 0 Å². The smallest absolute Gasteiger partial charge is 0.201 e. The van der Waals surface area contributed by atoms with Crippen LogP contribution in [0.2, 0.25) is 0 Å². The molecule has 0 fully saturated rings. The standard InChI is InChI=1S/C27H23N2S/c1-22-19-30-20-26(22)29(18-17-28-21-29)27(23-11-5-2-6-12-23,24-13-7-3-8-14-24)25-15-9-4-10-16-25/h2-21H,1H3/q+1. The predicted molar refractivity (Wildman–Crippen MR) is 128 cm³/mol. The van der Waals surface area contributed by atoms with Crippen molar-refractivity contribution < 1.29 is 0 Å². The van der Waals surface area contributed by atoms with Gasteiger partial charge in [0.2, 0.25) is 6.34 Å². The minimum absolute atomic E-state index is 0.486. The van der Waals surface area contributed by atoms with Crippen molar-refractivity contribution in [2.75, 3.05) is 0 Å². The number of hydrogen-bond donors (Lipinski definition) is 0. The average Bonchev–Trinajstić information content (AvgIpc) is 3.47. The molecule has 3 heteroatoms. The first kappa shape index (κ1) is 18.7. The SMILES string of the molecule is Cc1cscc1[N+]1(C(c2ccccc2)(c2ccccc2)c2ccccc2)C=CN=C1. The summed E-state index contributed by atoms with van der Waals surface area (Å²) in [6.45, 7) is 2.19. The lowest BCUT2D eigenvalue weighted by Gasteiger charge is -2.47. The fraction of sp³-hybridized carbons (Fsp3) is 0.0741.